The molecule has 0 aliphatic carbocycles. The van der Waals surface area contributed by atoms with Crippen molar-refractivity contribution in [2.24, 2.45) is 5.92 Å². The first-order chi connectivity index (χ1) is 10.9. The Kier molecular flexibility index (Phi) is 11.0. The number of rotatable bonds is 9. The molecule has 6 nitrogen and oxygen atoms in total. The van der Waals surface area contributed by atoms with Crippen LogP contribution in [0.4, 0.5) is 5.69 Å². The third-order valence-electron chi connectivity index (χ3n) is 3.20. The Morgan fingerprint density at radius 3 is 2.54 bits per heavy atom. The Bertz CT molecular complexity index is 536. The SMILES string of the molecule is COCCNCC(=O)Nc1ccc(C(=O)NCC(C)C)cc1C.Cl. The summed E-state index contributed by atoms with van der Waals surface area (Å²) in [5, 5.41) is 8.69. The Hall–Kier alpha value is -1.63. The first kappa shape index (κ1) is 22.4. The fraction of sp³-hybridized carbons (Fsp3) is 0.529. The molecule has 24 heavy (non-hydrogen) atoms. The quantitative estimate of drug-likeness (QED) is 0.590. The van der Waals surface area contributed by atoms with Gasteiger partial charge in [0.2, 0.25) is 5.91 Å². The summed E-state index contributed by atoms with van der Waals surface area (Å²) >= 11 is 0. The number of halogens is 1. The van der Waals surface area contributed by atoms with E-state index in [0.29, 0.717) is 36.9 Å². The van der Waals surface area contributed by atoms with Gasteiger partial charge < -0.3 is 20.7 Å². The molecule has 0 spiro atoms. The monoisotopic (exact) mass is 357 g/mol. The minimum atomic E-state index is -0.124. The number of carbonyl (C=O) groups is 2. The summed E-state index contributed by atoms with van der Waals surface area (Å²) < 4.78 is 4.90. The Morgan fingerprint density at radius 1 is 1.25 bits per heavy atom. The van der Waals surface area contributed by atoms with Gasteiger partial charge in [0.1, 0.15) is 0 Å². The zero-order chi connectivity index (χ0) is 17.2. The van der Waals surface area contributed by atoms with Crippen LogP contribution in [0, 0.1) is 12.8 Å². The first-order valence-electron chi connectivity index (χ1n) is 7.82. The number of hydrogen-bond donors (Lipinski definition) is 3. The predicted octanol–water partition coefficient (Wildman–Crippen LogP) is 1.98. The molecule has 0 fully saturated rings. The molecule has 136 valence electrons. The molecule has 3 N–H and O–H groups in total. The maximum absolute atomic E-state index is 12.0. The van der Waals surface area contributed by atoms with Crippen molar-refractivity contribution in [1.29, 1.82) is 0 Å². The van der Waals surface area contributed by atoms with E-state index in [-0.39, 0.29) is 30.8 Å². The van der Waals surface area contributed by atoms with Crippen molar-refractivity contribution in [3.05, 3.63) is 29.3 Å². The number of nitrogens with one attached hydrogen (secondary N) is 3. The van der Waals surface area contributed by atoms with E-state index < -0.39 is 0 Å². The van der Waals surface area contributed by atoms with Crippen molar-refractivity contribution in [3.63, 3.8) is 0 Å². The molecule has 0 aromatic heterocycles. The fourth-order valence-electron chi connectivity index (χ4n) is 1.91. The van der Waals surface area contributed by atoms with Crippen LogP contribution in [-0.2, 0) is 9.53 Å². The molecule has 0 aliphatic heterocycles. The van der Waals surface area contributed by atoms with E-state index in [4.69, 9.17) is 4.74 Å². The van der Waals surface area contributed by atoms with Gasteiger partial charge in [0.15, 0.2) is 0 Å². The number of carbonyl (C=O) groups excluding carboxylic acids is 2. The van der Waals surface area contributed by atoms with Gasteiger partial charge >= 0.3 is 0 Å². The van der Waals surface area contributed by atoms with E-state index in [1.54, 1.807) is 25.3 Å². The van der Waals surface area contributed by atoms with Crippen molar-refractivity contribution in [1.82, 2.24) is 10.6 Å². The van der Waals surface area contributed by atoms with Crippen molar-refractivity contribution < 1.29 is 14.3 Å². The zero-order valence-corrected chi connectivity index (χ0v) is 15.6. The molecular weight excluding hydrogens is 330 g/mol. The van der Waals surface area contributed by atoms with Crippen LogP contribution in [0.2, 0.25) is 0 Å². The minimum absolute atomic E-state index is 0. The summed E-state index contributed by atoms with van der Waals surface area (Å²) in [6.07, 6.45) is 0. The number of anilines is 1. The second kappa shape index (κ2) is 11.8. The van der Waals surface area contributed by atoms with E-state index in [1.807, 2.05) is 20.8 Å². The molecule has 0 heterocycles. The number of methoxy groups -OCH3 is 1. The highest BCUT2D eigenvalue weighted by Crippen LogP contribution is 2.16. The van der Waals surface area contributed by atoms with Gasteiger partial charge in [-0.05, 0) is 36.6 Å². The van der Waals surface area contributed by atoms with Crippen LogP contribution in [0.15, 0.2) is 18.2 Å². The van der Waals surface area contributed by atoms with Crippen LogP contribution in [0.5, 0.6) is 0 Å². The molecule has 0 saturated carbocycles. The minimum Gasteiger partial charge on any atom is -0.383 e. The van der Waals surface area contributed by atoms with E-state index in [9.17, 15) is 9.59 Å². The third-order valence-corrected chi connectivity index (χ3v) is 3.20. The van der Waals surface area contributed by atoms with Crippen molar-refractivity contribution in [2.45, 2.75) is 20.8 Å². The predicted molar refractivity (Wildman–Crippen MR) is 99.0 cm³/mol. The Labute approximate surface area is 150 Å². The van der Waals surface area contributed by atoms with E-state index >= 15 is 0 Å². The molecule has 0 saturated heterocycles. The topological polar surface area (TPSA) is 79.5 Å². The number of ether oxygens (including phenoxy) is 1. The van der Waals surface area contributed by atoms with Gasteiger partial charge in [0.05, 0.1) is 13.2 Å². The largest absolute Gasteiger partial charge is 0.383 e. The highest BCUT2D eigenvalue weighted by atomic mass is 35.5. The Morgan fingerprint density at radius 2 is 1.96 bits per heavy atom. The summed E-state index contributed by atoms with van der Waals surface area (Å²) in [4.78, 5) is 23.8. The molecular formula is C17H28ClN3O3. The smallest absolute Gasteiger partial charge is 0.251 e. The van der Waals surface area contributed by atoms with Crippen LogP contribution in [0.3, 0.4) is 0 Å². The third kappa shape index (κ3) is 8.29. The van der Waals surface area contributed by atoms with Gasteiger partial charge in [-0.15, -0.1) is 12.4 Å². The normalized spacial score (nSPS) is 10.2. The maximum atomic E-state index is 12.0. The molecule has 0 aliphatic rings. The molecule has 0 unspecified atom stereocenters. The molecule has 1 rings (SSSR count). The number of amides is 2. The van der Waals surface area contributed by atoms with Crippen molar-refractivity contribution >= 4 is 29.9 Å². The standard InChI is InChI=1S/C17H27N3O3.ClH/c1-12(2)10-19-17(22)14-5-6-15(13(3)9-14)20-16(21)11-18-7-8-23-4;/h5-6,9,12,18H,7-8,10-11H2,1-4H3,(H,19,22)(H,20,21);1H. The van der Waals surface area contributed by atoms with Gasteiger partial charge in [-0.3, -0.25) is 9.59 Å². The van der Waals surface area contributed by atoms with Gasteiger partial charge in [0, 0.05) is 31.5 Å². The molecule has 7 heteroatoms. The van der Waals surface area contributed by atoms with Gasteiger partial charge in [-0.25, -0.2) is 0 Å². The van der Waals surface area contributed by atoms with Crippen LogP contribution >= 0.6 is 12.4 Å². The van der Waals surface area contributed by atoms with Crippen molar-refractivity contribution in [3.8, 4) is 0 Å². The first-order valence-corrected chi connectivity index (χ1v) is 7.82. The van der Waals surface area contributed by atoms with Crippen LogP contribution in [0.1, 0.15) is 29.8 Å². The van der Waals surface area contributed by atoms with Crippen molar-refractivity contribution in [2.75, 3.05) is 38.7 Å². The molecule has 0 radical (unpaired) electrons. The van der Waals surface area contributed by atoms with E-state index in [1.165, 1.54) is 0 Å². The molecule has 2 amide bonds. The lowest BCUT2D eigenvalue weighted by Crippen LogP contribution is -2.30. The number of benzene rings is 1. The highest BCUT2D eigenvalue weighted by Gasteiger charge is 2.09. The lowest BCUT2D eigenvalue weighted by atomic mass is 10.1. The molecule has 1 aromatic rings. The highest BCUT2D eigenvalue weighted by molar-refractivity contribution is 5.97. The van der Waals surface area contributed by atoms with Crippen LogP contribution in [-0.4, -0.2) is 45.2 Å². The van der Waals surface area contributed by atoms with Gasteiger partial charge in [-0.2, -0.15) is 0 Å². The Balaban J connectivity index is 0.00000529. The summed E-state index contributed by atoms with van der Waals surface area (Å²) in [6, 6.07) is 5.26. The van der Waals surface area contributed by atoms with Gasteiger partial charge in [-0.1, -0.05) is 13.8 Å². The zero-order valence-electron chi connectivity index (χ0n) is 14.8. The summed E-state index contributed by atoms with van der Waals surface area (Å²) in [6.45, 7) is 8.01. The summed E-state index contributed by atoms with van der Waals surface area (Å²) in [5.74, 6) is 0.186. The molecule has 0 bridgehead atoms. The van der Waals surface area contributed by atoms with E-state index in [0.717, 1.165) is 5.56 Å². The van der Waals surface area contributed by atoms with Crippen LogP contribution < -0.4 is 16.0 Å². The van der Waals surface area contributed by atoms with Gasteiger partial charge in [0.25, 0.3) is 5.91 Å². The lowest BCUT2D eigenvalue weighted by Gasteiger charge is -2.12. The maximum Gasteiger partial charge on any atom is 0.251 e. The molecule has 1 aromatic carbocycles. The average Bonchev–Trinajstić information content (AvgIpc) is 2.51. The van der Waals surface area contributed by atoms with Crippen LogP contribution in [0.25, 0.3) is 0 Å². The molecule has 0 atom stereocenters. The summed E-state index contributed by atoms with van der Waals surface area (Å²) in [7, 11) is 1.62. The average molecular weight is 358 g/mol. The fourth-order valence-corrected chi connectivity index (χ4v) is 1.91. The second-order valence-electron chi connectivity index (χ2n) is 5.85. The second-order valence-corrected chi connectivity index (χ2v) is 5.85. The lowest BCUT2D eigenvalue weighted by molar-refractivity contribution is -0.115. The van der Waals surface area contributed by atoms with E-state index in [2.05, 4.69) is 16.0 Å². The number of aryl methyl sites for hydroxylation is 1. The number of hydrogen-bond acceptors (Lipinski definition) is 4. The summed E-state index contributed by atoms with van der Waals surface area (Å²) in [5.41, 5.74) is 2.16.